The van der Waals surface area contributed by atoms with Gasteiger partial charge in [-0.15, -0.1) is 0 Å². The zero-order chi connectivity index (χ0) is 18.5. The summed E-state index contributed by atoms with van der Waals surface area (Å²) >= 11 is 0. The number of morpholine rings is 1. The maximum Gasteiger partial charge on any atom is 0.220 e. The molecule has 0 radical (unpaired) electrons. The number of aromatic amines is 1. The van der Waals surface area contributed by atoms with E-state index in [2.05, 4.69) is 20.2 Å². The summed E-state index contributed by atoms with van der Waals surface area (Å²) in [5.41, 5.74) is 1.93. The molecule has 0 aliphatic carbocycles. The van der Waals surface area contributed by atoms with Gasteiger partial charge in [-0.1, -0.05) is 12.1 Å². The average Bonchev–Trinajstić information content (AvgIpc) is 3.37. The van der Waals surface area contributed by atoms with Crippen LogP contribution in [0.15, 0.2) is 47.1 Å². The molecule has 1 unspecified atom stereocenters. The van der Waals surface area contributed by atoms with Gasteiger partial charge in [0, 0.05) is 32.5 Å². The van der Waals surface area contributed by atoms with Crippen LogP contribution in [0.25, 0.3) is 11.0 Å². The summed E-state index contributed by atoms with van der Waals surface area (Å²) in [4.78, 5) is 22.4. The van der Waals surface area contributed by atoms with E-state index in [0.717, 1.165) is 35.7 Å². The second-order valence-electron chi connectivity index (χ2n) is 6.68. The van der Waals surface area contributed by atoms with E-state index in [4.69, 9.17) is 9.15 Å². The van der Waals surface area contributed by atoms with Crippen molar-refractivity contribution in [2.24, 2.45) is 0 Å². The first-order valence-electron chi connectivity index (χ1n) is 9.35. The minimum Gasteiger partial charge on any atom is -0.468 e. The van der Waals surface area contributed by atoms with Gasteiger partial charge >= 0.3 is 0 Å². The molecular formula is C20H24N4O3. The molecule has 1 aliphatic rings. The number of hydrogen-bond acceptors (Lipinski definition) is 5. The quantitative estimate of drug-likeness (QED) is 0.668. The third-order valence-corrected chi connectivity index (χ3v) is 4.88. The number of hydrogen-bond donors (Lipinski definition) is 2. The van der Waals surface area contributed by atoms with Gasteiger partial charge in [0.15, 0.2) is 0 Å². The molecule has 7 heteroatoms. The fourth-order valence-electron chi connectivity index (χ4n) is 3.43. The minimum absolute atomic E-state index is 0.0141. The molecule has 1 fully saturated rings. The third-order valence-electron chi connectivity index (χ3n) is 4.88. The summed E-state index contributed by atoms with van der Waals surface area (Å²) in [5, 5.41) is 3.05. The molecule has 1 aliphatic heterocycles. The van der Waals surface area contributed by atoms with Gasteiger partial charge in [0.25, 0.3) is 0 Å². The van der Waals surface area contributed by atoms with E-state index in [0.29, 0.717) is 32.6 Å². The van der Waals surface area contributed by atoms with E-state index in [1.54, 1.807) is 6.26 Å². The molecule has 0 spiro atoms. The summed E-state index contributed by atoms with van der Waals surface area (Å²) in [6, 6.07) is 11.7. The molecule has 2 aromatic heterocycles. The molecule has 1 amide bonds. The number of furan rings is 1. The van der Waals surface area contributed by atoms with E-state index in [1.807, 2.05) is 36.4 Å². The van der Waals surface area contributed by atoms with E-state index < -0.39 is 0 Å². The number of nitrogens with one attached hydrogen (secondary N) is 2. The van der Waals surface area contributed by atoms with Crippen molar-refractivity contribution >= 4 is 16.9 Å². The number of H-pyrrole nitrogens is 1. The maximum atomic E-state index is 12.4. The largest absolute Gasteiger partial charge is 0.468 e. The Bertz CT molecular complexity index is 835. The normalized spacial score (nSPS) is 16.4. The molecule has 2 N–H and O–H groups in total. The number of aryl methyl sites for hydroxylation is 1. The highest BCUT2D eigenvalue weighted by atomic mass is 16.5. The Balaban J connectivity index is 1.32. The predicted octanol–water partition coefficient (Wildman–Crippen LogP) is 2.28. The summed E-state index contributed by atoms with van der Waals surface area (Å²) in [7, 11) is 0. The van der Waals surface area contributed by atoms with Gasteiger partial charge in [-0.2, -0.15) is 0 Å². The van der Waals surface area contributed by atoms with Crippen molar-refractivity contribution in [1.29, 1.82) is 0 Å². The monoisotopic (exact) mass is 368 g/mol. The fraction of sp³-hybridized carbons (Fsp3) is 0.400. The topological polar surface area (TPSA) is 83.4 Å². The fourth-order valence-corrected chi connectivity index (χ4v) is 3.43. The van der Waals surface area contributed by atoms with Crippen molar-refractivity contribution < 1.29 is 13.9 Å². The number of amides is 1. The highest BCUT2D eigenvalue weighted by Gasteiger charge is 2.25. The van der Waals surface area contributed by atoms with E-state index in [1.165, 1.54) is 0 Å². The van der Waals surface area contributed by atoms with Crippen molar-refractivity contribution in [2.45, 2.75) is 18.9 Å². The molecule has 1 aromatic carbocycles. The molecule has 0 saturated carbocycles. The molecule has 27 heavy (non-hydrogen) atoms. The van der Waals surface area contributed by atoms with Crippen LogP contribution < -0.4 is 5.32 Å². The lowest BCUT2D eigenvalue weighted by Crippen LogP contribution is -2.43. The number of ether oxygens (including phenoxy) is 1. The van der Waals surface area contributed by atoms with Crippen LogP contribution >= 0.6 is 0 Å². The second kappa shape index (κ2) is 8.37. The highest BCUT2D eigenvalue weighted by Crippen LogP contribution is 2.21. The smallest absolute Gasteiger partial charge is 0.220 e. The van der Waals surface area contributed by atoms with Crippen LogP contribution in [-0.2, 0) is 16.0 Å². The number of para-hydroxylation sites is 2. The van der Waals surface area contributed by atoms with Crippen molar-refractivity contribution in [2.75, 3.05) is 32.8 Å². The van der Waals surface area contributed by atoms with Gasteiger partial charge in [-0.3, -0.25) is 9.69 Å². The Morgan fingerprint density at radius 1 is 1.22 bits per heavy atom. The van der Waals surface area contributed by atoms with Crippen LogP contribution in [0.3, 0.4) is 0 Å². The SMILES string of the molecule is O=C(CCc1nc2ccccc2[nH]1)NCC(c1ccco1)N1CCOCC1. The van der Waals surface area contributed by atoms with Crippen molar-refractivity contribution in [3.8, 4) is 0 Å². The summed E-state index contributed by atoms with van der Waals surface area (Å²) in [6.45, 7) is 3.60. The Kier molecular flexibility index (Phi) is 5.50. The first-order chi connectivity index (χ1) is 13.3. The summed E-state index contributed by atoms with van der Waals surface area (Å²) in [6.07, 6.45) is 2.66. The lowest BCUT2D eigenvalue weighted by atomic mass is 10.1. The van der Waals surface area contributed by atoms with Gasteiger partial charge in [0.05, 0.1) is 36.6 Å². The minimum atomic E-state index is 0.0141. The second-order valence-corrected chi connectivity index (χ2v) is 6.68. The Hall–Kier alpha value is -2.64. The number of benzene rings is 1. The van der Waals surface area contributed by atoms with E-state index in [-0.39, 0.29) is 11.9 Å². The molecule has 142 valence electrons. The molecule has 1 atom stereocenters. The molecule has 3 aromatic rings. The van der Waals surface area contributed by atoms with E-state index in [9.17, 15) is 4.79 Å². The Morgan fingerprint density at radius 3 is 2.85 bits per heavy atom. The molecule has 7 nitrogen and oxygen atoms in total. The van der Waals surface area contributed by atoms with Crippen molar-refractivity contribution in [3.05, 3.63) is 54.2 Å². The number of aromatic nitrogens is 2. The van der Waals surface area contributed by atoms with Gasteiger partial charge in [0.1, 0.15) is 11.6 Å². The predicted molar refractivity (Wildman–Crippen MR) is 101 cm³/mol. The highest BCUT2D eigenvalue weighted by molar-refractivity contribution is 5.77. The van der Waals surface area contributed by atoms with Crippen LogP contribution in [0.1, 0.15) is 24.0 Å². The number of carbonyl (C=O) groups is 1. The molecule has 0 bridgehead atoms. The van der Waals surface area contributed by atoms with Crippen LogP contribution in [0.5, 0.6) is 0 Å². The Morgan fingerprint density at radius 2 is 2.07 bits per heavy atom. The van der Waals surface area contributed by atoms with Crippen LogP contribution in [0.4, 0.5) is 0 Å². The lowest BCUT2D eigenvalue weighted by molar-refractivity contribution is -0.121. The number of nitrogens with zero attached hydrogens (tertiary/aromatic N) is 2. The van der Waals surface area contributed by atoms with Gasteiger partial charge in [-0.05, 0) is 24.3 Å². The first-order valence-corrected chi connectivity index (χ1v) is 9.35. The zero-order valence-corrected chi connectivity index (χ0v) is 15.2. The van der Waals surface area contributed by atoms with Crippen LogP contribution in [0.2, 0.25) is 0 Å². The lowest BCUT2D eigenvalue weighted by Gasteiger charge is -2.33. The van der Waals surface area contributed by atoms with Crippen LogP contribution in [0, 0.1) is 0 Å². The molecule has 4 rings (SSSR count). The summed E-state index contributed by atoms with van der Waals surface area (Å²) in [5.74, 6) is 1.72. The van der Waals surface area contributed by atoms with Crippen LogP contribution in [-0.4, -0.2) is 53.6 Å². The zero-order valence-electron chi connectivity index (χ0n) is 15.2. The number of imidazole rings is 1. The third kappa shape index (κ3) is 4.37. The molecule has 3 heterocycles. The Labute approximate surface area is 157 Å². The van der Waals surface area contributed by atoms with Gasteiger partial charge < -0.3 is 19.5 Å². The number of carbonyl (C=O) groups excluding carboxylic acids is 1. The van der Waals surface area contributed by atoms with Crippen molar-refractivity contribution in [1.82, 2.24) is 20.2 Å². The first kappa shape index (κ1) is 17.8. The van der Waals surface area contributed by atoms with Gasteiger partial charge in [-0.25, -0.2) is 4.98 Å². The van der Waals surface area contributed by atoms with E-state index >= 15 is 0 Å². The molecular weight excluding hydrogens is 344 g/mol. The maximum absolute atomic E-state index is 12.4. The average molecular weight is 368 g/mol. The van der Waals surface area contributed by atoms with Crippen molar-refractivity contribution in [3.63, 3.8) is 0 Å². The van der Waals surface area contributed by atoms with Gasteiger partial charge in [0.2, 0.25) is 5.91 Å². The summed E-state index contributed by atoms with van der Waals surface area (Å²) < 4.78 is 11.0. The number of rotatable bonds is 7. The standard InChI is InChI=1S/C20H24N4O3/c25-20(8-7-19-22-15-4-1-2-5-16(15)23-19)21-14-17(18-6-3-11-27-18)24-9-12-26-13-10-24/h1-6,11,17H,7-10,12-14H2,(H,21,25)(H,22,23). The number of fused-ring (bicyclic) bond motifs is 1. The molecule has 1 saturated heterocycles.